The minimum absolute atomic E-state index is 0.0592. The van der Waals surface area contributed by atoms with Crippen molar-refractivity contribution in [3.05, 3.63) is 51.7 Å². The van der Waals surface area contributed by atoms with Gasteiger partial charge in [0, 0.05) is 30.4 Å². The molecule has 1 saturated heterocycles. The zero-order valence-electron chi connectivity index (χ0n) is 15.7. The van der Waals surface area contributed by atoms with Gasteiger partial charge in [-0.2, -0.15) is 0 Å². The molecular weight excluding hydrogens is 396 g/mol. The Balaban J connectivity index is 1.31. The van der Waals surface area contributed by atoms with Crippen LogP contribution in [0.5, 0.6) is 5.75 Å². The molecule has 0 atom stereocenters. The van der Waals surface area contributed by atoms with E-state index in [4.69, 9.17) is 16.3 Å². The monoisotopic (exact) mass is 420 g/mol. The zero-order valence-corrected chi connectivity index (χ0v) is 17.3. The molecule has 0 saturated carbocycles. The van der Waals surface area contributed by atoms with Crippen molar-refractivity contribution in [2.75, 3.05) is 19.7 Å². The Morgan fingerprint density at radius 3 is 2.68 bits per heavy atom. The number of para-hydroxylation sites is 1. The summed E-state index contributed by atoms with van der Waals surface area (Å²) in [5.41, 5.74) is 0. The smallest absolute Gasteiger partial charge is 0.225 e. The number of hydrogen-bond acceptors (Lipinski definition) is 4. The molecule has 2 aromatic rings. The summed E-state index contributed by atoms with van der Waals surface area (Å²) >= 11 is 7.64. The number of nitrogens with one attached hydrogen (secondary N) is 1. The van der Waals surface area contributed by atoms with Crippen LogP contribution in [0.15, 0.2) is 41.8 Å². The molecule has 1 fully saturated rings. The minimum Gasteiger partial charge on any atom is -0.492 e. The van der Waals surface area contributed by atoms with E-state index in [9.17, 15) is 9.59 Å². The lowest BCUT2D eigenvalue weighted by Gasteiger charge is -2.32. The summed E-state index contributed by atoms with van der Waals surface area (Å²) < 4.78 is 5.63. The highest BCUT2D eigenvalue weighted by atomic mass is 35.5. The van der Waals surface area contributed by atoms with Gasteiger partial charge >= 0.3 is 0 Å². The Kier molecular flexibility index (Phi) is 7.74. The molecule has 0 spiro atoms. The molecule has 0 aliphatic carbocycles. The third-order valence-corrected chi connectivity index (χ3v) is 5.95. The lowest BCUT2D eigenvalue weighted by Crippen LogP contribution is -2.46. The molecule has 1 aliphatic rings. The molecule has 3 rings (SSSR count). The molecule has 28 heavy (non-hydrogen) atoms. The molecule has 1 aromatic heterocycles. The predicted octanol–water partition coefficient (Wildman–Crippen LogP) is 3.91. The van der Waals surface area contributed by atoms with Crippen molar-refractivity contribution in [1.29, 1.82) is 0 Å². The highest BCUT2D eigenvalue weighted by Crippen LogP contribution is 2.23. The fraction of sp³-hybridized carbons (Fsp3) is 0.429. The number of likely N-dealkylation sites (tertiary alicyclic amines) is 1. The molecule has 1 aliphatic heterocycles. The number of piperidine rings is 1. The van der Waals surface area contributed by atoms with E-state index in [2.05, 4.69) is 5.32 Å². The molecule has 2 heterocycles. The molecule has 2 amide bonds. The number of amides is 2. The van der Waals surface area contributed by atoms with Gasteiger partial charge in [-0.3, -0.25) is 9.59 Å². The van der Waals surface area contributed by atoms with E-state index in [1.165, 1.54) is 0 Å². The van der Waals surface area contributed by atoms with E-state index in [1.807, 2.05) is 40.6 Å². The van der Waals surface area contributed by atoms with Crippen molar-refractivity contribution >= 4 is 34.8 Å². The Bertz CT molecular complexity index is 774. The van der Waals surface area contributed by atoms with Gasteiger partial charge in [-0.25, -0.2) is 0 Å². The molecule has 1 N–H and O–H groups in total. The lowest BCUT2D eigenvalue weighted by molar-refractivity contribution is -0.132. The van der Waals surface area contributed by atoms with E-state index in [0.717, 1.165) is 17.7 Å². The van der Waals surface area contributed by atoms with Crippen molar-refractivity contribution in [2.24, 2.45) is 0 Å². The summed E-state index contributed by atoms with van der Waals surface area (Å²) in [5.74, 6) is 0.853. The van der Waals surface area contributed by atoms with Gasteiger partial charge < -0.3 is 15.0 Å². The van der Waals surface area contributed by atoms with Gasteiger partial charge in [0.1, 0.15) is 5.75 Å². The second-order valence-corrected chi connectivity index (χ2v) is 8.30. The van der Waals surface area contributed by atoms with Crippen LogP contribution < -0.4 is 10.1 Å². The fourth-order valence-corrected chi connectivity index (χ4v) is 4.14. The number of halogens is 1. The molecule has 5 nitrogen and oxygen atoms in total. The Morgan fingerprint density at radius 1 is 1.18 bits per heavy atom. The first-order valence-electron chi connectivity index (χ1n) is 9.58. The topological polar surface area (TPSA) is 58.6 Å². The maximum atomic E-state index is 12.4. The van der Waals surface area contributed by atoms with Gasteiger partial charge in [-0.15, -0.1) is 11.3 Å². The van der Waals surface area contributed by atoms with E-state index in [1.54, 1.807) is 17.4 Å². The van der Waals surface area contributed by atoms with E-state index in [0.29, 0.717) is 49.7 Å². The van der Waals surface area contributed by atoms with Crippen LogP contribution in [0.2, 0.25) is 5.02 Å². The van der Waals surface area contributed by atoms with Gasteiger partial charge in [0.25, 0.3) is 0 Å². The first kappa shape index (κ1) is 20.7. The van der Waals surface area contributed by atoms with Crippen LogP contribution in [-0.4, -0.2) is 42.5 Å². The van der Waals surface area contributed by atoms with Gasteiger partial charge in [0.05, 0.1) is 18.1 Å². The summed E-state index contributed by atoms with van der Waals surface area (Å²) in [6.45, 7) is 1.84. The second kappa shape index (κ2) is 10.5. The van der Waals surface area contributed by atoms with Crippen LogP contribution >= 0.6 is 22.9 Å². The minimum atomic E-state index is 0.0592. The average molecular weight is 421 g/mol. The van der Waals surface area contributed by atoms with Crippen molar-refractivity contribution in [1.82, 2.24) is 10.2 Å². The summed E-state index contributed by atoms with van der Waals surface area (Å²) in [6, 6.07) is 11.4. The number of nitrogens with zero attached hydrogens (tertiary/aromatic N) is 1. The molecule has 7 heteroatoms. The second-order valence-electron chi connectivity index (χ2n) is 6.86. The number of rotatable bonds is 8. The summed E-state index contributed by atoms with van der Waals surface area (Å²) in [6.07, 6.45) is 3.15. The van der Waals surface area contributed by atoms with Gasteiger partial charge in [-0.05, 0) is 42.8 Å². The third-order valence-electron chi connectivity index (χ3n) is 4.76. The molecule has 0 unspecified atom stereocenters. The van der Waals surface area contributed by atoms with Crippen LogP contribution in [0.1, 0.15) is 30.6 Å². The number of benzene rings is 1. The molecule has 0 bridgehead atoms. The van der Waals surface area contributed by atoms with Crippen molar-refractivity contribution < 1.29 is 14.3 Å². The number of ether oxygens (including phenoxy) is 1. The van der Waals surface area contributed by atoms with E-state index in [-0.39, 0.29) is 17.9 Å². The standard InChI is InChI=1S/C21H25ClN2O3S/c22-18-6-1-2-7-19(18)27-13-3-8-21(26)24-11-9-16(10-12-24)23-20(25)15-17-5-4-14-28-17/h1-2,4-7,14,16H,3,8-13,15H2,(H,23,25). The normalized spacial score (nSPS) is 14.7. The summed E-state index contributed by atoms with van der Waals surface area (Å²) in [7, 11) is 0. The molecule has 0 radical (unpaired) electrons. The quantitative estimate of drug-likeness (QED) is 0.658. The van der Waals surface area contributed by atoms with Crippen molar-refractivity contribution in [3.63, 3.8) is 0 Å². The number of carbonyl (C=O) groups excluding carboxylic acids is 2. The predicted molar refractivity (Wildman–Crippen MR) is 112 cm³/mol. The first-order chi connectivity index (χ1) is 13.6. The fourth-order valence-electron chi connectivity index (χ4n) is 3.25. The van der Waals surface area contributed by atoms with Crippen LogP contribution in [0.25, 0.3) is 0 Å². The summed E-state index contributed by atoms with van der Waals surface area (Å²) in [4.78, 5) is 27.4. The molecule has 150 valence electrons. The largest absolute Gasteiger partial charge is 0.492 e. The highest BCUT2D eigenvalue weighted by molar-refractivity contribution is 7.10. The van der Waals surface area contributed by atoms with Gasteiger partial charge in [-0.1, -0.05) is 29.8 Å². The van der Waals surface area contributed by atoms with E-state index < -0.39 is 0 Å². The SMILES string of the molecule is O=C(Cc1cccs1)NC1CCN(C(=O)CCCOc2ccccc2Cl)CC1. The van der Waals surface area contributed by atoms with Crippen LogP contribution in [0.4, 0.5) is 0 Å². The summed E-state index contributed by atoms with van der Waals surface area (Å²) in [5, 5.41) is 5.65. The van der Waals surface area contributed by atoms with Gasteiger partial charge in [0.2, 0.25) is 11.8 Å². The Hall–Kier alpha value is -2.05. The number of thiophene rings is 1. The maximum Gasteiger partial charge on any atom is 0.225 e. The Morgan fingerprint density at radius 2 is 1.96 bits per heavy atom. The molecular formula is C21H25ClN2O3S. The Labute approximate surface area is 174 Å². The van der Waals surface area contributed by atoms with Crippen molar-refractivity contribution in [2.45, 2.75) is 38.1 Å². The van der Waals surface area contributed by atoms with Crippen LogP contribution in [-0.2, 0) is 16.0 Å². The zero-order chi connectivity index (χ0) is 19.8. The van der Waals surface area contributed by atoms with Gasteiger partial charge in [0.15, 0.2) is 0 Å². The van der Waals surface area contributed by atoms with E-state index >= 15 is 0 Å². The third kappa shape index (κ3) is 6.24. The highest BCUT2D eigenvalue weighted by Gasteiger charge is 2.23. The number of carbonyl (C=O) groups is 2. The lowest BCUT2D eigenvalue weighted by atomic mass is 10.0. The molecule has 1 aromatic carbocycles. The first-order valence-corrected chi connectivity index (χ1v) is 10.8. The van der Waals surface area contributed by atoms with Crippen LogP contribution in [0, 0.1) is 0 Å². The maximum absolute atomic E-state index is 12.4. The number of hydrogen-bond donors (Lipinski definition) is 1. The van der Waals surface area contributed by atoms with Crippen LogP contribution in [0.3, 0.4) is 0 Å². The van der Waals surface area contributed by atoms with Crippen molar-refractivity contribution in [3.8, 4) is 5.75 Å². The average Bonchev–Trinajstić information content (AvgIpc) is 3.19.